The third-order valence-electron chi connectivity index (χ3n) is 2.83. The summed E-state index contributed by atoms with van der Waals surface area (Å²) in [6, 6.07) is 5.49. The van der Waals surface area contributed by atoms with Crippen LogP contribution in [0.4, 0.5) is 0 Å². The van der Waals surface area contributed by atoms with E-state index in [9.17, 15) is 5.11 Å². The summed E-state index contributed by atoms with van der Waals surface area (Å²) in [7, 11) is 0. The van der Waals surface area contributed by atoms with Crippen LogP contribution in [0.1, 0.15) is 18.6 Å². The fourth-order valence-electron chi connectivity index (χ4n) is 1.78. The lowest BCUT2D eigenvalue weighted by Crippen LogP contribution is -1.91. The molecule has 102 valence electrons. The normalized spacial score (nSPS) is 12.8. The van der Waals surface area contributed by atoms with Gasteiger partial charge in [0.2, 0.25) is 0 Å². The van der Waals surface area contributed by atoms with E-state index in [0.29, 0.717) is 10.7 Å². The van der Waals surface area contributed by atoms with Crippen molar-refractivity contribution in [2.24, 2.45) is 0 Å². The zero-order valence-electron chi connectivity index (χ0n) is 10.5. The maximum Gasteiger partial charge on any atom is 0.181 e. The number of aromatic nitrogens is 4. The second-order valence-corrected chi connectivity index (χ2v) is 5.69. The first-order valence-electron chi connectivity index (χ1n) is 5.94. The van der Waals surface area contributed by atoms with Crippen LogP contribution in [0.5, 0.6) is 0 Å². The minimum atomic E-state index is -0.537. The van der Waals surface area contributed by atoms with Crippen molar-refractivity contribution in [3.05, 3.63) is 41.4 Å². The molecule has 0 saturated carbocycles. The molecule has 0 fully saturated rings. The lowest BCUT2D eigenvalue weighted by atomic mass is 10.1. The van der Waals surface area contributed by atoms with Crippen molar-refractivity contribution in [1.29, 1.82) is 0 Å². The van der Waals surface area contributed by atoms with E-state index in [0.717, 1.165) is 21.0 Å². The number of nitrogens with one attached hydrogen (secondary N) is 1. The third-order valence-corrected chi connectivity index (χ3v) is 4.34. The molecule has 0 saturated heterocycles. The van der Waals surface area contributed by atoms with E-state index in [1.807, 2.05) is 12.1 Å². The van der Waals surface area contributed by atoms with Gasteiger partial charge in [-0.1, -0.05) is 29.4 Å². The van der Waals surface area contributed by atoms with Crippen LogP contribution in [0.25, 0.3) is 11.2 Å². The number of benzene rings is 1. The maximum absolute atomic E-state index is 9.54. The van der Waals surface area contributed by atoms with Crippen LogP contribution < -0.4 is 0 Å². The molecule has 0 unspecified atom stereocenters. The average Bonchev–Trinajstić information content (AvgIpc) is 2.90. The topological polar surface area (TPSA) is 74.7 Å². The molecule has 0 amide bonds. The van der Waals surface area contributed by atoms with Crippen molar-refractivity contribution < 1.29 is 5.11 Å². The number of imidazole rings is 1. The molecule has 7 heteroatoms. The number of hydrogen-bond acceptors (Lipinski definition) is 5. The highest BCUT2D eigenvalue weighted by Gasteiger charge is 2.11. The van der Waals surface area contributed by atoms with Gasteiger partial charge in [-0.3, -0.25) is 0 Å². The molecule has 5 nitrogen and oxygen atoms in total. The highest BCUT2D eigenvalue weighted by molar-refractivity contribution is 7.99. The third kappa shape index (κ3) is 2.49. The van der Waals surface area contributed by atoms with Crippen LogP contribution >= 0.6 is 23.4 Å². The van der Waals surface area contributed by atoms with Crippen LogP contribution in [0.15, 0.2) is 40.8 Å². The SMILES string of the molecule is C[C@@H](O)c1ccc(Sc2ncnc3nc[nH]c23)c(Cl)c1. The fourth-order valence-corrected chi connectivity index (χ4v) is 2.94. The zero-order chi connectivity index (χ0) is 14.1. The first-order chi connectivity index (χ1) is 9.65. The van der Waals surface area contributed by atoms with Gasteiger partial charge < -0.3 is 10.1 Å². The van der Waals surface area contributed by atoms with Gasteiger partial charge in [0.25, 0.3) is 0 Å². The Kier molecular flexibility index (Phi) is 3.60. The van der Waals surface area contributed by atoms with Gasteiger partial charge in [-0.25, -0.2) is 15.0 Å². The van der Waals surface area contributed by atoms with Crippen LogP contribution in [-0.2, 0) is 0 Å². The molecule has 2 aromatic heterocycles. The van der Waals surface area contributed by atoms with Crippen molar-refractivity contribution in [2.75, 3.05) is 0 Å². The predicted octanol–water partition coefficient (Wildman–Crippen LogP) is 3.21. The van der Waals surface area contributed by atoms with E-state index >= 15 is 0 Å². The first-order valence-corrected chi connectivity index (χ1v) is 7.14. The number of aromatic amines is 1. The standard InChI is InChI=1S/C13H11ClN4OS/c1-7(19)8-2-3-10(9(14)4-8)20-13-11-12(16-5-15-11)17-6-18-13/h2-7,19H,1H3,(H,15,16,17,18)/t7-/m1/s1. The maximum atomic E-state index is 9.54. The Balaban J connectivity index is 1.97. The van der Waals surface area contributed by atoms with Gasteiger partial charge in [0.15, 0.2) is 5.65 Å². The first kappa shape index (κ1) is 13.4. The van der Waals surface area contributed by atoms with Crippen LogP contribution in [0.3, 0.4) is 0 Å². The smallest absolute Gasteiger partial charge is 0.181 e. The molecule has 2 heterocycles. The number of nitrogens with zero attached hydrogens (tertiary/aromatic N) is 3. The van der Waals surface area contributed by atoms with Crippen LogP contribution in [0.2, 0.25) is 5.02 Å². The predicted molar refractivity (Wildman–Crippen MR) is 77.9 cm³/mol. The van der Waals surface area contributed by atoms with Crippen molar-refractivity contribution in [3.8, 4) is 0 Å². The number of aliphatic hydroxyl groups excluding tert-OH is 1. The van der Waals surface area contributed by atoms with Crippen LogP contribution in [0, 0.1) is 0 Å². The second kappa shape index (κ2) is 5.40. The second-order valence-electron chi connectivity index (χ2n) is 4.25. The molecule has 0 radical (unpaired) electrons. The number of H-pyrrole nitrogens is 1. The molecule has 20 heavy (non-hydrogen) atoms. The molecule has 1 atom stereocenters. The minimum Gasteiger partial charge on any atom is -0.389 e. The van der Waals surface area contributed by atoms with E-state index in [1.165, 1.54) is 18.1 Å². The Labute approximate surface area is 124 Å². The molecular weight excluding hydrogens is 296 g/mol. The molecule has 1 aromatic carbocycles. The summed E-state index contributed by atoms with van der Waals surface area (Å²) in [6.07, 6.45) is 2.52. The van der Waals surface area contributed by atoms with Gasteiger partial charge in [-0.2, -0.15) is 0 Å². The highest BCUT2D eigenvalue weighted by atomic mass is 35.5. The van der Waals surface area contributed by atoms with Crippen molar-refractivity contribution in [1.82, 2.24) is 19.9 Å². The van der Waals surface area contributed by atoms with E-state index in [1.54, 1.807) is 19.3 Å². The van der Waals surface area contributed by atoms with E-state index in [2.05, 4.69) is 19.9 Å². The summed E-state index contributed by atoms with van der Waals surface area (Å²) in [6.45, 7) is 1.71. The van der Waals surface area contributed by atoms with Gasteiger partial charge in [0.05, 0.1) is 17.5 Å². The Morgan fingerprint density at radius 1 is 1.30 bits per heavy atom. The number of hydrogen-bond donors (Lipinski definition) is 2. The molecule has 0 bridgehead atoms. The van der Waals surface area contributed by atoms with Gasteiger partial charge in [0, 0.05) is 4.90 Å². The van der Waals surface area contributed by atoms with Gasteiger partial charge in [-0.15, -0.1) is 0 Å². The largest absolute Gasteiger partial charge is 0.389 e. The Morgan fingerprint density at radius 3 is 2.90 bits per heavy atom. The number of aliphatic hydroxyl groups is 1. The van der Waals surface area contributed by atoms with Crippen LogP contribution in [-0.4, -0.2) is 25.0 Å². The van der Waals surface area contributed by atoms with Gasteiger partial charge in [0.1, 0.15) is 16.9 Å². The fraction of sp³-hybridized carbons (Fsp3) is 0.154. The lowest BCUT2D eigenvalue weighted by molar-refractivity contribution is 0.199. The quantitative estimate of drug-likeness (QED) is 0.727. The van der Waals surface area contributed by atoms with Crippen molar-refractivity contribution >= 4 is 34.5 Å². The zero-order valence-corrected chi connectivity index (χ0v) is 12.1. The summed E-state index contributed by atoms with van der Waals surface area (Å²) in [5.74, 6) is 0. The Hall–Kier alpha value is -1.63. The minimum absolute atomic E-state index is 0.537. The summed E-state index contributed by atoms with van der Waals surface area (Å²) >= 11 is 7.68. The summed E-state index contributed by atoms with van der Waals surface area (Å²) in [5.41, 5.74) is 2.20. The molecule has 3 rings (SSSR count). The molecule has 2 N–H and O–H groups in total. The molecule has 0 aliphatic carbocycles. The van der Waals surface area contributed by atoms with E-state index in [4.69, 9.17) is 11.6 Å². The molecule has 3 aromatic rings. The molecular formula is C13H11ClN4OS. The van der Waals surface area contributed by atoms with Gasteiger partial charge >= 0.3 is 0 Å². The van der Waals surface area contributed by atoms with E-state index < -0.39 is 6.10 Å². The Bertz CT molecular complexity index is 759. The average molecular weight is 307 g/mol. The molecule has 0 aliphatic heterocycles. The summed E-state index contributed by atoms with van der Waals surface area (Å²) in [4.78, 5) is 16.3. The summed E-state index contributed by atoms with van der Waals surface area (Å²) < 4.78 is 0. The van der Waals surface area contributed by atoms with Crippen molar-refractivity contribution in [3.63, 3.8) is 0 Å². The number of rotatable bonds is 3. The lowest BCUT2D eigenvalue weighted by Gasteiger charge is -2.08. The Morgan fingerprint density at radius 2 is 2.15 bits per heavy atom. The summed E-state index contributed by atoms with van der Waals surface area (Å²) in [5, 5.41) is 10.9. The highest BCUT2D eigenvalue weighted by Crippen LogP contribution is 2.35. The number of fused-ring (bicyclic) bond motifs is 1. The molecule has 0 spiro atoms. The monoisotopic (exact) mass is 306 g/mol. The molecule has 0 aliphatic rings. The van der Waals surface area contributed by atoms with E-state index in [-0.39, 0.29) is 0 Å². The number of halogens is 1. The van der Waals surface area contributed by atoms with Crippen molar-refractivity contribution in [2.45, 2.75) is 22.9 Å². The van der Waals surface area contributed by atoms with Gasteiger partial charge in [-0.05, 0) is 24.6 Å².